The molecule has 0 saturated heterocycles. The molecule has 0 aromatic heterocycles. The first-order chi connectivity index (χ1) is 15.7. The number of hydrogen-bond acceptors (Lipinski definition) is 5. The van der Waals surface area contributed by atoms with Crippen LogP contribution in [-0.2, 0) is 16.0 Å². The van der Waals surface area contributed by atoms with Crippen LogP contribution in [0.3, 0.4) is 0 Å². The lowest BCUT2D eigenvalue weighted by molar-refractivity contribution is -0.145. The molecule has 2 fully saturated rings. The number of rotatable bonds is 11. The van der Waals surface area contributed by atoms with Crippen LogP contribution >= 0.6 is 0 Å². The molecular weight excluding hydrogens is 418 g/mol. The number of carbonyl (C=O) groups is 1. The Morgan fingerprint density at radius 1 is 1.18 bits per heavy atom. The first kappa shape index (κ1) is 23.1. The maximum atomic E-state index is 11.9. The summed E-state index contributed by atoms with van der Waals surface area (Å²) in [4.78, 5) is 11.9. The third-order valence-electron chi connectivity index (χ3n) is 6.58. The fraction of sp³-hybridized carbons (Fsp3) is 0.481. The number of aryl methyl sites for hydroxylation is 1. The van der Waals surface area contributed by atoms with Crippen molar-refractivity contribution >= 4 is 5.97 Å². The summed E-state index contributed by atoms with van der Waals surface area (Å²) in [5, 5.41) is 19.1. The SMILES string of the molecule is Cc1ccc(OCC2(COc3cccc(C[C@@]4(C(=O)O)CC4OC(C)C)c3)CC2)c(C#N)c1. The van der Waals surface area contributed by atoms with Crippen molar-refractivity contribution in [3.8, 4) is 17.6 Å². The molecule has 0 aliphatic heterocycles. The van der Waals surface area contributed by atoms with Crippen LogP contribution in [0.1, 0.15) is 49.8 Å². The minimum absolute atomic E-state index is 0.00647. The molecule has 1 N–H and O–H groups in total. The second kappa shape index (κ2) is 9.07. The largest absolute Gasteiger partial charge is 0.493 e. The van der Waals surface area contributed by atoms with Gasteiger partial charge in [0, 0.05) is 5.41 Å². The predicted octanol–water partition coefficient (Wildman–Crippen LogP) is 4.92. The van der Waals surface area contributed by atoms with Gasteiger partial charge in [0.05, 0.1) is 31.0 Å². The number of nitriles is 1. The van der Waals surface area contributed by atoms with E-state index in [1.807, 2.05) is 63.2 Å². The zero-order valence-electron chi connectivity index (χ0n) is 19.5. The van der Waals surface area contributed by atoms with Crippen LogP contribution in [0.25, 0.3) is 0 Å². The van der Waals surface area contributed by atoms with Gasteiger partial charge >= 0.3 is 5.97 Å². The maximum absolute atomic E-state index is 11.9. The van der Waals surface area contributed by atoms with Gasteiger partial charge in [-0.15, -0.1) is 0 Å². The molecule has 2 aromatic rings. The van der Waals surface area contributed by atoms with Crippen molar-refractivity contribution in [3.05, 3.63) is 59.2 Å². The fourth-order valence-electron chi connectivity index (χ4n) is 4.21. The van der Waals surface area contributed by atoms with Crippen molar-refractivity contribution < 1.29 is 24.1 Å². The van der Waals surface area contributed by atoms with Gasteiger partial charge in [0.2, 0.25) is 0 Å². The van der Waals surface area contributed by atoms with Gasteiger partial charge in [0.15, 0.2) is 0 Å². The second-order valence-corrected chi connectivity index (χ2v) is 9.85. The molecule has 33 heavy (non-hydrogen) atoms. The molecule has 0 spiro atoms. The standard InChI is InChI=1S/C27H31NO5/c1-18(2)33-24-14-27(24,25(29)30)13-20-5-4-6-22(12-20)31-16-26(9-10-26)17-32-23-8-7-19(3)11-21(23)15-28/h4-8,11-12,18,24H,9-10,13-14,16-17H2,1-3H3,(H,29,30)/t24?,27-/m1/s1. The van der Waals surface area contributed by atoms with E-state index < -0.39 is 11.4 Å². The molecule has 2 saturated carbocycles. The van der Waals surface area contributed by atoms with Gasteiger partial charge in [-0.25, -0.2) is 0 Å². The number of nitrogens with zero attached hydrogens (tertiary/aromatic N) is 1. The van der Waals surface area contributed by atoms with Gasteiger partial charge in [-0.05, 0) is 81.8 Å². The van der Waals surface area contributed by atoms with Gasteiger partial charge in [0.25, 0.3) is 0 Å². The average molecular weight is 450 g/mol. The van der Waals surface area contributed by atoms with Crippen LogP contribution in [0.5, 0.6) is 11.5 Å². The van der Waals surface area contributed by atoms with Crippen LogP contribution in [0.15, 0.2) is 42.5 Å². The van der Waals surface area contributed by atoms with Gasteiger partial charge in [0.1, 0.15) is 23.0 Å². The highest BCUT2D eigenvalue weighted by Gasteiger charge is 2.61. The highest BCUT2D eigenvalue weighted by molar-refractivity contribution is 5.80. The van der Waals surface area contributed by atoms with Crippen LogP contribution in [0.2, 0.25) is 0 Å². The van der Waals surface area contributed by atoms with E-state index in [9.17, 15) is 15.2 Å². The van der Waals surface area contributed by atoms with Crippen LogP contribution < -0.4 is 9.47 Å². The summed E-state index contributed by atoms with van der Waals surface area (Å²) in [5.74, 6) is 0.536. The molecule has 2 atom stereocenters. The number of benzene rings is 2. The molecule has 0 heterocycles. The lowest BCUT2D eigenvalue weighted by atomic mass is 9.96. The molecule has 0 amide bonds. The number of aliphatic carboxylic acids is 1. The summed E-state index contributed by atoms with van der Waals surface area (Å²) in [7, 11) is 0. The predicted molar refractivity (Wildman–Crippen MR) is 123 cm³/mol. The quantitative estimate of drug-likeness (QED) is 0.524. The molecule has 0 radical (unpaired) electrons. The third-order valence-corrected chi connectivity index (χ3v) is 6.58. The van der Waals surface area contributed by atoms with Crippen LogP contribution in [0, 0.1) is 29.1 Å². The Kier molecular flexibility index (Phi) is 6.36. The molecule has 6 nitrogen and oxygen atoms in total. The molecule has 174 valence electrons. The Morgan fingerprint density at radius 2 is 1.94 bits per heavy atom. The molecule has 2 aromatic carbocycles. The van der Waals surface area contributed by atoms with E-state index in [4.69, 9.17) is 14.2 Å². The Bertz CT molecular complexity index is 1070. The zero-order valence-corrected chi connectivity index (χ0v) is 19.5. The lowest BCUT2D eigenvalue weighted by Gasteiger charge is -2.19. The van der Waals surface area contributed by atoms with E-state index in [1.165, 1.54) is 0 Å². The summed E-state index contributed by atoms with van der Waals surface area (Å²) < 4.78 is 17.9. The van der Waals surface area contributed by atoms with Crippen molar-refractivity contribution in [2.24, 2.45) is 10.8 Å². The molecule has 0 bridgehead atoms. The lowest BCUT2D eigenvalue weighted by Crippen LogP contribution is -2.25. The topological polar surface area (TPSA) is 88.8 Å². The minimum Gasteiger partial charge on any atom is -0.493 e. The Balaban J connectivity index is 1.35. The van der Waals surface area contributed by atoms with Crippen LogP contribution in [0.4, 0.5) is 0 Å². The first-order valence-electron chi connectivity index (χ1n) is 11.5. The van der Waals surface area contributed by atoms with Crippen molar-refractivity contribution in [1.29, 1.82) is 5.26 Å². The van der Waals surface area contributed by atoms with E-state index in [2.05, 4.69) is 6.07 Å². The number of carboxylic acid groups (broad SMARTS) is 1. The third kappa shape index (κ3) is 5.31. The van der Waals surface area contributed by atoms with E-state index in [1.54, 1.807) is 0 Å². The van der Waals surface area contributed by atoms with E-state index in [0.29, 0.717) is 37.4 Å². The monoisotopic (exact) mass is 449 g/mol. The van der Waals surface area contributed by atoms with Crippen LogP contribution in [-0.4, -0.2) is 36.5 Å². The molecule has 4 rings (SSSR count). The second-order valence-electron chi connectivity index (χ2n) is 9.85. The smallest absolute Gasteiger partial charge is 0.312 e. The van der Waals surface area contributed by atoms with Crippen molar-refractivity contribution in [3.63, 3.8) is 0 Å². The number of carboxylic acids is 1. The zero-order chi connectivity index (χ0) is 23.6. The summed E-state index contributed by atoms with van der Waals surface area (Å²) in [6, 6.07) is 15.5. The van der Waals surface area contributed by atoms with Gasteiger partial charge in [-0.2, -0.15) is 5.26 Å². The summed E-state index contributed by atoms with van der Waals surface area (Å²) >= 11 is 0. The fourth-order valence-corrected chi connectivity index (χ4v) is 4.21. The normalized spacial score (nSPS) is 22.5. The highest BCUT2D eigenvalue weighted by atomic mass is 16.5. The molecule has 1 unspecified atom stereocenters. The Labute approximate surface area is 195 Å². The summed E-state index contributed by atoms with van der Waals surface area (Å²) in [5.41, 5.74) is 1.61. The van der Waals surface area contributed by atoms with Crippen molar-refractivity contribution in [2.45, 2.75) is 58.7 Å². The Morgan fingerprint density at radius 3 is 2.61 bits per heavy atom. The van der Waals surface area contributed by atoms with Gasteiger partial charge in [-0.1, -0.05) is 18.2 Å². The Hall–Kier alpha value is -3.04. The number of ether oxygens (including phenoxy) is 3. The van der Waals surface area contributed by atoms with Gasteiger partial charge in [-0.3, -0.25) is 4.79 Å². The highest BCUT2D eigenvalue weighted by Crippen LogP contribution is 2.52. The molecular formula is C27H31NO5. The minimum atomic E-state index is -0.846. The van der Waals surface area contributed by atoms with E-state index in [-0.39, 0.29) is 17.6 Å². The van der Waals surface area contributed by atoms with E-state index >= 15 is 0 Å². The average Bonchev–Trinajstić information content (AvgIpc) is 3.69. The summed E-state index contributed by atoms with van der Waals surface area (Å²) in [6.45, 7) is 6.83. The molecule has 2 aliphatic carbocycles. The molecule has 6 heteroatoms. The first-order valence-corrected chi connectivity index (χ1v) is 11.5. The van der Waals surface area contributed by atoms with Crippen molar-refractivity contribution in [1.82, 2.24) is 0 Å². The van der Waals surface area contributed by atoms with Gasteiger partial charge < -0.3 is 19.3 Å². The number of hydrogen-bond donors (Lipinski definition) is 1. The van der Waals surface area contributed by atoms with Crippen molar-refractivity contribution in [2.75, 3.05) is 13.2 Å². The maximum Gasteiger partial charge on any atom is 0.312 e. The van der Waals surface area contributed by atoms with E-state index in [0.717, 1.165) is 29.7 Å². The molecule has 2 aliphatic rings. The summed E-state index contributed by atoms with van der Waals surface area (Å²) in [6.07, 6.45) is 2.75.